The summed E-state index contributed by atoms with van der Waals surface area (Å²) in [6.45, 7) is 5.39. The van der Waals surface area contributed by atoms with E-state index in [2.05, 4.69) is 15.6 Å². The minimum absolute atomic E-state index is 0.00318. The van der Waals surface area contributed by atoms with E-state index >= 15 is 0 Å². The van der Waals surface area contributed by atoms with Crippen LogP contribution in [0, 0.1) is 0 Å². The number of para-hydroxylation sites is 2. The Bertz CT molecular complexity index is 1200. The van der Waals surface area contributed by atoms with Crippen LogP contribution in [0.1, 0.15) is 56.3 Å². The number of hydrogen-bond acceptors (Lipinski definition) is 7. The van der Waals surface area contributed by atoms with E-state index in [1.54, 1.807) is 32.9 Å². The fourth-order valence-corrected chi connectivity index (χ4v) is 4.92. The summed E-state index contributed by atoms with van der Waals surface area (Å²) in [7, 11) is 0. The molecule has 1 heterocycles. The minimum Gasteiger partial charge on any atom is -0.444 e. The minimum atomic E-state index is -1.06. The van der Waals surface area contributed by atoms with E-state index in [-0.39, 0.29) is 24.1 Å². The molecule has 0 aliphatic heterocycles. The van der Waals surface area contributed by atoms with Crippen LogP contribution in [0.25, 0.3) is 11.1 Å². The molecule has 1 unspecified atom stereocenters. The maximum absolute atomic E-state index is 13.5. The topological polar surface area (TPSA) is 111 Å². The molecule has 0 bridgehead atoms. The fraction of sp³-hybridized carbons (Fsp3) is 0.407. The standard InChI is InChI=1S/C27H31N3O5S/c1-26(2,3)35-25(33)28-16-21(36-17-18-10-5-4-6-11-18)23(32)30-27(14-9-15-27)22(31)24-29-19-12-7-8-13-20(19)34-24/h4-8,10-13,21H,9,14-17H2,1-3H3,(H,28,33)(H,30,32). The van der Waals surface area contributed by atoms with E-state index < -0.39 is 22.5 Å². The average molecular weight is 510 g/mol. The number of nitrogens with zero attached hydrogens (tertiary/aromatic N) is 1. The van der Waals surface area contributed by atoms with Gasteiger partial charge in [-0.1, -0.05) is 42.5 Å². The van der Waals surface area contributed by atoms with Gasteiger partial charge in [-0.3, -0.25) is 9.59 Å². The van der Waals surface area contributed by atoms with Crippen LogP contribution in [-0.2, 0) is 15.3 Å². The maximum atomic E-state index is 13.5. The maximum Gasteiger partial charge on any atom is 0.407 e. The van der Waals surface area contributed by atoms with Gasteiger partial charge in [0.05, 0.1) is 0 Å². The second-order valence-corrected chi connectivity index (χ2v) is 11.1. The van der Waals surface area contributed by atoms with E-state index in [4.69, 9.17) is 9.15 Å². The Labute approximate surface area is 214 Å². The van der Waals surface area contributed by atoms with Gasteiger partial charge in [0.2, 0.25) is 11.7 Å². The van der Waals surface area contributed by atoms with Gasteiger partial charge in [-0.15, -0.1) is 11.8 Å². The molecule has 1 aliphatic carbocycles. The zero-order valence-electron chi connectivity index (χ0n) is 20.7. The number of amides is 2. The number of oxazole rings is 1. The molecule has 1 saturated carbocycles. The molecule has 2 aromatic carbocycles. The Hall–Kier alpha value is -3.33. The van der Waals surface area contributed by atoms with Crippen molar-refractivity contribution in [1.82, 2.24) is 15.6 Å². The van der Waals surface area contributed by atoms with Gasteiger partial charge >= 0.3 is 6.09 Å². The first-order chi connectivity index (χ1) is 17.2. The van der Waals surface area contributed by atoms with Crippen molar-refractivity contribution < 1.29 is 23.5 Å². The molecule has 2 amide bonds. The number of hydrogen-bond donors (Lipinski definition) is 2. The lowest BCUT2D eigenvalue weighted by Gasteiger charge is -2.40. The molecule has 4 rings (SSSR count). The number of thioether (sulfide) groups is 1. The quantitative estimate of drug-likeness (QED) is 0.396. The molecule has 36 heavy (non-hydrogen) atoms. The summed E-state index contributed by atoms with van der Waals surface area (Å²) in [6, 6.07) is 16.9. The fourth-order valence-electron chi connectivity index (χ4n) is 3.92. The lowest BCUT2D eigenvalue weighted by molar-refractivity contribution is -0.122. The Morgan fingerprint density at radius 1 is 1.08 bits per heavy atom. The van der Waals surface area contributed by atoms with E-state index in [1.807, 2.05) is 42.5 Å². The third-order valence-corrected chi connectivity index (χ3v) is 7.19. The van der Waals surface area contributed by atoms with Crippen molar-refractivity contribution in [2.75, 3.05) is 6.54 Å². The lowest BCUT2D eigenvalue weighted by Crippen LogP contribution is -2.61. The van der Waals surface area contributed by atoms with Gasteiger partial charge in [-0.25, -0.2) is 9.78 Å². The van der Waals surface area contributed by atoms with Crippen LogP contribution < -0.4 is 10.6 Å². The molecule has 1 atom stereocenters. The van der Waals surface area contributed by atoms with Crippen LogP contribution >= 0.6 is 11.8 Å². The monoisotopic (exact) mass is 509 g/mol. The van der Waals surface area contributed by atoms with Crippen molar-refractivity contribution in [1.29, 1.82) is 0 Å². The normalized spacial score (nSPS) is 15.5. The number of rotatable bonds is 9. The number of fused-ring (bicyclic) bond motifs is 1. The van der Waals surface area contributed by atoms with Crippen molar-refractivity contribution >= 4 is 40.6 Å². The molecule has 0 spiro atoms. The summed E-state index contributed by atoms with van der Waals surface area (Å²) in [5.74, 6) is -0.0843. The lowest BCUT2D eigenvalue weighted by atomic mass is 9.73. The molecule has 190 valence electrons. The van der Waals surface area contributed by atoms with Gasteiger partial charge in [-0.2, -0.15) is 0 Å². The van der Waals surface area contributed by atoms with Crippen LogP contribution in [0.3, 0.4) is 0 Å². The molecule has 3 aromatic rings. The SMILES string of the molecule is CC(C)(C)OC(=O)NCC(SCc1ccccc1)C(=O)NC1(C(=O)c2nc3ccccc3o2)CCC1. The number of Topliss-reactive ketones (excluding diaryl/α,β-unsaturated/α-hetero) is 1. The molecule has 8 nitrogen and oxygen atoms in total. The summed E-state index contributed by atoms with van der Waals surface area (Å²) in [5.41, 5.74) is 0.466. The van der Waals surface area contributed by atoms with Crippen molar-refractivity contribution in [3.8, 4) is 0 Å². The van der Waals surface area contributed by atoms with Gasteiger partial charge < -0.3 is 19.8 Å². The molecule has 2 N–H and O–H groups in total. The average Bonchev–Trinajstić information content (AvgIpc) is 3.25. The second-order valence-electron chi connectivity index (χ2n) is 9.91. The van der Waals surface area contributed by atoms with Gasteiger partial charge in [0.25, 0.3) is 5.89 Å². The number of benzene rings is 2. The van der Waals surface area contributed by atoms with Gasteiger partial charge in [0, 0.05) is 12.3 Å². The summed E-state index contributed by atoms with van der Waals surface area (Å²) < 4.78 is 11.0. The predicted octanol–water partition coefficient (Wildman–Crippen LogP) is 4.88. The number of carbonyl (C=O) groups excluding carboxylic acids is 3. The Kier molecular flexibility index (Phi) is 7.68. The summed E-state index contributed by atoms with van der Waals surface area (Å²) in [6.07, 6.45) is 1.23. The highest BCUT2D eigenvalue weighted by Crippen LogP contribution is 2.36. The molecule has 1 aliphatic rings. The van der Waals surface area contributed by atoms with E-state index in [9.17, 15) is 14.4 Å². The van der Waals surface area contributed by atoms with Gasteiger partial charge in [-0.05, 0) is 57.7 Å². The molecule has 0 radical (unpaired) electrons. The Balaban J connectivity index is 1.47. The van der Waals surface area contributed by atoms with Gasteiger partial charge in [0.15, 0.2) is 5.58 Å². The predicted molar refractivity (Wildman–Crippen MR) is 139 cm³/mol. The smallest absolute Gasteiger partial charge is 0.407 e. The Morgan fingerprint density at radius 3 is 2.42 bits per heavy atom. The number of ketones is 1. The number of carbonyl (C=O) groups is 3. The molecule has 1 aromatic heterocycles. The third kappa shape index (κ3) is 6.26. The first-order valence-corrected chi connectivity index (χ1v) is 13.0. The van der Waals surface area contributed by atoms with Crippen molar-refractivity contribution in [3.05, 3.63) is 66.1 Å². The molecular weight excluding hydrogens is 478 g/mol. The molecule has 0 saturated heterocycles. The zero-order chi connectivity index (χ0) is 25.8. The third-order valence-electron chi connectivity index (χ3n) is 5.91. The summed E-state index contributed by atoms with van der Waals surface area (Å²) in [4.78, 5) is 43.4. The van der Waals surface area contributed by atoms with E-state index in [0.29, 0.717) is 29.7 Å². The number of nitrogens with one attached hydrogen (secondary N) is 2. The highest BCUT2D eigenvalue weighted by molar-refractivity contribution is 7.99. The highest BCUT2D eigenvalue weighted by atomic mass is 32.2. The van der Waals surface area contributed by atoms with E-state index in [0.717, 1.165) is 12.0 Å². The first kappa shape index (κ1) is 25.8. The number of ether oxygens (including phenoxy) is 1. The van der Waals surface area contributed by atoms with Crippen molar-refractivity contribution in [2.24, 2.45) is 0 Å². The number of alkyl carbamates (subject to hydrolysis) is 1. The van der Waals surface area contributed by atoms with Crippen LogP contribution in [0.15, 0.2) is 59.0 Å². The molecule has 1 fully saturated rings. The number of aromatic nitrogens is 1. The van der Waals surface area contributed by atoms with Crippen molar-refractivity contribution in [3.63, 3.8) is 0 Å². The first-order valence-electron chi connectivity index (χ1n) is 12.0. The Morgan fingerprint density at radius 2 is 1.78 bits per heavy atom. The zero-order valence-corrected chi connectivity index (χ0v) is 21.5. The summed E-state index contributed by atoms with van der Waals surface area (Å²) >= 11 is 1.40. The van der Waals surface area contributed by atoms with Crippen LogP contribution in [-0.4, -0.2) is 45.7 Å². The summed E-state index contributed by atoms with van der Waals surface area (Å²) in [5, 5.41) is 5.04. The second kappa shape index (κ2) is 10.7. The molecule has 9 heteroatoms. The van der Waals surface area contributed by atoms with Crippen LogP contribution in [0.2, 0.25) is 0 Å². The largest absolute Gasteiger partial charge is 0.444 e. The van der Waals surface area contributed by atoms with Crippen LogP contribution in [0.5, 0.6) is 0 Å². The van der Waals surface area contributed by atoms with Crippen molar-refractivity contribution in [2.45, 2.75) is 62.2 Å². The van der Waals surface area contributed by atoms with Crippen LogP contribution in [0.4, 0.5) is 4.79 Å². The van der Waals surface area contributed by atoms with E-state index in [1.165, 1.54) is 11.8 Å². The highest BCUT2D eigenvalue weighted by Gasteiger charge is 2.48. The van der Waals surface area contributed by atoms with Gasteiger partial charge in [0.1, 0.15) is 21.9 Å². The molecular formula is C27H31N3O5S.